The number of amides is 1. The van der Waals surface area contributed by atoms with E-state index in [0.717, 1.165) is 0 Å². The van der Waals surface area contributed by atoms with Crippen molar-refractivity contribution >= 4 is 34.6 Å². The highest BCUT2D eigenvalue weighted by Gasteiger charge is 2.07. The van der Waals surface area contributed by atoms with Crippen LogP contribution in [-0.2, 0) is 11.2 Å². The monoisotopic (exact) mass is 348 g/mol. The average molecular weight is 348 g/mol. The van der Waals surface area contributed by atoms with Crippen molar-refractivity contribution in [2.45, 2.75) is 6.42 Å². The molecule has 0 aromatic heterocycles. The summed E-state index contributed by atoms with van der Waals surface area (Å²) in [5.74, 6) is -0.733. The molecule has 7 nitrogen and oxygen atoms in total. The second-order valence-corrected chi connectivity index (χ2v) is 5.14. The van der Waals surface area contributed by atoms with E-state index in [0.29, 0.717) is 11.3 Å². The number of rotatable bonds is 4. The van der Waals surface area contributed by atoms with Crippen molar-refractivity contribution in [2.24, 2.45) is 0 Å². The third kappa shape index (κ3) is 5.29. The first-order chi connectivity index (χ1) is 11.4. The van der Waals surface area contributed by atoms with E-state index >= 15 is 0 Å². The topological polar surface area (TPSA) is 96.3 Å². The summed E-state index contributed by atoms with van der Waals surface area (Å²) >= 11 is 4.99. The third-order valence-electron chi connectivity index (χ3n) is 2.93. The van der Waals surface area contributed by atoms with Gasteiger partial charge in [-0.15, -0.1) is 0 Å². The molecule has 0 aliphatic carbocycles. The fourth-order valence-electron chi connectivity index (χ4n) is 1.79. The van der Waals surface area contributed by atoms with Crippen molar-refractivity contribution in [3.8, 4) is 0 Å². The summed E-state index contributed by atoms with van der Waals surface area (Å²) in [6.45, 7) is 0. The summed E-state index contributed by atoms with van der Waals surface area (Å²) < 4.78 is 12.8. The van der Waals surface area contributed by atoms with Crippen molar-refractivity contribution in [2.75, 3.05) is 5.32 Å². The summed E-state index contributed by atoms with van der Waals surface area (Å²) in [5.41, 5.74) is 6.06. The molecule has 3 N–H and O–H groups in total. The largest absolute Gasteiger partial charge is 0.331 e. The Kier molecular flexibility index (Phi) is 5.74. The lowest BCUT2D eigenvalue weighted by molar-refractivity contribution is -0.384. The van der Waals surface area contributed by atoms with E-state index in [-0.39, 0.29) is 28.9 Å². The molecule has 9 heteroatoms. The first-order valence-electron chi connectivity index (χ1n) is 6.79. The van der Waals surface area contributed by atoms with Crippen molar-refractivity contribution in [3.63, 3.8) is 0 Å². The zero-order valence-corrected chi connectivity index (χ0v) is 13.1. The lowest BCUT2D eigenvalue weighted by Crippen LogP contribution is -2.44. The predicted molar refractivity (Wildman–Crippen MR) is 90.7 cm³/mol. The minimum Gasteiger partial charge on any atom is -0.331 e. The predicted octanol–water partition coefficient (Wildman–Crippen LogP) is 2.29. The van der Waals surface area contributed by atoms with E-state index in [9.17, 15) is 19.3 Å². The number of anilines is 1. The van der Waals surface area contributed by atoms with Crippen LogP contribution in [0.15, 0.2) is 48.5 Å². The van der Waals surface area contributed by atoms with Gasteiger partial charge in [0.2, 0.25) is 5.91 Å². The van der Waals surface area contributed by atoms with E-state index in [1.54, 1.807) is 0 Å². The van der Waals surface area contributed by atoms with E-state index < -0.39 is 4.92 Å². The number of nitro benzene ring substituents is 1. The number of hydrogen-bond donors (Lipinski definition) is 3. The van der Waals surface area contributed by atoms with Crippen LogP contribution in [-0.4, -0.2) is 15.9 Å². The number of thiocarbonyl (C=S) groups is 1. The van der Waals surface area contributed by atoms with Crippen LogP contribution in [0, 0.1) is 15.9 Å². The number of non-ortho nitro benzene ring substituents is 1. The molecular weight excluding hydrogens is 335 g/mol. The molecule has 0 heterocycles. The fourth-order valence-corrected chi connectivity index (χ4v) is 1.96. The second-order valence-electron chi connectivity index (χ2n) is 4.73. The number of carbonyl (C=O) groups excluding carboxylic acids is 1. The number of hydrogen-bond acceptors (Lipinski definition) is 4. The van der Waals surface area contributed by atoms with Crippen LogP contribution in [0.5, 0.6) is 0 Å². The normalized spacial score (nSPS) is 9.88. The second kappa shape index (κ2) is 7.97. The highest BCUT2D eigenvalue weighted by atomic mass is 32.1. The molecule has 0 saturated heterocycles. The van der Waals surface area contributed by atoms with Gasteiger partial charge in [0.25, 0.3) is 5.69 Å². The Labute approximate surface area is 142 Å². The van der Waals surface area contributed by atoms with E-state index in [4.69, 9.17) is 12.2 Å². The number of nitrogens with one attached hydrogen (secondary N) is 3. The van der Waals surface area contributed by atoms with Crippen LogP contribution >= 0.6 is 12.2 Å². The van der Waals surface area contributed by atoms with Crippen LogP contribution in [0.3, 0.4) is 0 Å². The summed E-state index contributed by atoms with van der Waals surface area (Å²) in [6.07, 6.45) is 0.0319. The first kappa shape index (κ1) is 17.3. The lowest BCUT2D eigenvalue weighted by Gasteiger charge is -2.11. The maximum atomic E-state index is 12.8. The number of carbonyl (C=O) groups is 1. The molecule has 0 fully saturated rings. The SMILES string of the molecule is O=C(Cc1ccc([N+](=O)[O-])cc1)NNC(=S)Nc1ccc(F)cc1. The molecular formula is C15H13FN4O3S. The van der Waals surface area contributed by atoms with Gasteiger partial charge in [-0.2, -0.15) is 0 Å². The van der Waals surface area contributed by atoms with Crippen molar-refractivity contribution < 1.29 is 14.1 Å². The van der Waals surface area contributed by atoms with Crippen LogP contribution in [0.4, 0.5) is 15.8 Å². The van der Waals surface area contributed by atoms with Gasteiger partial charge >= 0.3 is 0 Å². The van der Waals surface area contributed by atoms with Crippen molar-refractivity contribution in [1.82, 2.24) is 10.9 Å². The number of halogens is 1. The van der Waals surface area contributed by atoms with Crippen LogP contribution < -0.4 is 16.2 Å². The maximum absolute atomic E-state index is 12.8. The van der Waals surface area contributed by atoms with Crippen molar-refractivity contribution in [3.05, 3.63) is 70.0 Å². The highest BCUT2D eigenvalue weighted by Crippen LogP contribution is 2.12. The van der Waals surface area contributed by atoms with Crippen LogP contribution in [0.2, 0.25) is 0 Å². The molecule has 124 valence electrons. The Morgan fingerprint density at radius 1 is 1.08 bits per heavy atom. The minimum absolute atomic E-state index is 0.0319. The minimum atomic E-state index is -0.509. The molecule has 0 spiro atoms. The van der Waals surface area contributed by atoms with Crippen LogP contribution in [0.1, 0.15) is 5.56 Å². The van der Waals surface area contributed by atoms with Gasteiger partial charge in [0.15, 0.2) is 5.11 Å². The Bertz CT molecular complexity index is 750. The maximum Gasteiger partial charge on any atom is 0.269 e. The van der Waals surface area contributed by atoms with Crippen molar-refractivity contribution in [1.29, 1.82) is 0 Å². The molecule has 0 unspecified atom stereocenters. The molecule has 2 aromatic rings. The standard InChI is InChI=1S/C15H13FN4O3S/c16-11-3-5-12(6-4-11)17-15(24)19-18-14(21)9-10-1-7-13(8-2-10)20(22)23/h1-8H,9H2,(H,18,21)(H2,17,19,24). The molecule has 0 bridgehead atoms. The number of hydrazine groups is 1. The van der Waals surface area contributed by atoms with Gasteiger partial charge in [-0.05, 0) is 42.0 Å². The Hall–Kier alpha value is -3.07. The smallest absolute Gasteiger partial charge is 0.269 e. The Morgan fingerprint density at radius 2 is 1.71 bits per heavy atom. The van der Waals surface area contributed by atoms with E-state index in [1.807, 2.05) is 0 Å². The third-order valence-corrected chi connectivity index (χ3v) is 3.13. The van der Waals surface area contributed by atoms with E-state index in [1.165, 1.54) is 48.5 Å². The van der Waals surface area contributed by atoms with Gasteiger partial charge in [0.1, 0.15) is 5.82 Å². The zero-order chi connectivity index (χ0) is 17.5. The fraction of sp³-hybridized carbons (Fsp3) is 0.0667. The van der Waals surface area contributed by atoms with Gasteiger partial charge in [0, 0.05) is 17.8 Å². The summed E-state index contributed by atoms with van der Waals surface area (Å²) in [6, 6.07) is 11.2. The Morgan fingerprint density at radius 3 is 2.29 bits per heavy atom. The first-order valence-corrected chi connectivity index (χ1v) is 7.19. The Balaban J connectivity index is 1.78. The van der Waals surface area contributed by atoms with Crippen LogP contribution in [0.25, 0.3) is 0 Å². The van der Waals surface area contributed by atoms with Gasteiger partial charge in [-0.3, -0.25) is 25.8 Å². The molecule has 1 amide bonds. The van der Waals surface area contributed by atoms with Gasteiger partial charge in [-0.1, -0.05) is 12.1 Å². The molecule has 2 aromatic carbocycles. The molecule has 0 aliphatic heterocycles. The quantitative estimate of drug-likeness (QED) is 0.446. The molecule has 2 rings (SSSR count). The van der Waals surface area contributed by atoms with Gasteiger partial charge in [0.05, 0.1) is 11.3 Å². The summed E-state index contributed by atoms with van der Waals surface area (Å²) in [5, 5.41) is 13.5. The number of benzene rings is 2. The molecule has 0 aliphatic rings. The van der Waals surface area contributed by atoms with E-state index in [2.05, 4.69) is 16.2 Å². The van der Waals surface area contributed by atoms with Gasteiger partial charge in [-0.25, -0.2) is 4.39 Å². The molecule has 0 radical (unpaired) electrons. The number of nitrogens with zero attached hydrogens (tertiary/aromatic N) is 1. The number of nitro groups is 1. The lowest BCUT2D eigenvalue weighted by atomic mass is 10.1. The molecule has 24 heavy (non-hydrogen) atoms. The summed E-state index contributed by atoms with van der Waals surface area (Å²) in [7, 11) is 0. The summed E-state index contributed by atoms with van der Waals surface area (Å²) in [4.78, 5) is 21.8. The highest BCUT2D eigenvalue weighted by molar-refractivity contribution is 7.80. The molecule has 0 saturated carbocycles. The molecule has 0 atom stereocenters. The van der Waals surface area contributed by atoms with Gasteiger partial charge < -0.3 is 5.32 Å². The average Bonchev–Trinajstić information content (AvgIpc) is 2.55. The zero-order valence-electron chi connectivity index (χ0n) is 12.3.